The molecular weight excluding hydrogens is 405 g/mol. The molecule has 28 heavy (non-hydrogen) atoms. The van der Waals surface area contributed by atoms with Gasteiger partial charge in [-0.15, -0.1) is 0 Å². The Morgan fingerprint density at radius 3 is 2.89 bits per heavy atom. The van der Waals surface area contributed by atoms with Crippen LogP contribution in [0.15, 0.2) is 41.4 Å². The molecule has 0 fully saturated rings. The molecule has 3 rings (SSSR count). The molecule has 1 aromatic carbocycles. The lowest BCUT2D eigenvalue weighted by Crippen LogP contribution is -2.19. The second-order valence-electron chi connectivity index (χ2n) is 5.54. The zero-order valence-electron chi connectivity index (χ0n) is 14.8. The van der Waals surface area contributed by atoms with Gasteiger partial charge in [-0.3, -0.25) is 14.9 Å². The number of hydrogen-bond donors (Lipinski definition) is 0. The molecular formula is C18H16FN3O4S2. The number of benzene rings is 1. The van der Waals surface area contributed by atoms with E-state index in [1.165, 1.54) is 35.6 Å². The lowest BCUT2D eigenvalue weighted by Gasteiger charge is -2.05. The van der Waals surface area contributed by atoms with E-state index in [0.29, 0.717) is 39.7 Å². The highest BCUT2D eigenvalue weighted by molar-refractivity contribution is 7.16. The molecule has 0 aliphatic carbocycles. The zero-order chi connectivity index (χ0) is 20.1. The first kappa shape index (κ1) is 20.1. The van der Waals surface area contributed by atoms with Gasteiger partial charge in [0.25, 0.3) is 5.91 Å². The summed E-state index contributed by atoms with van der Waals surface area (Å²) in [5, 5.41) is 10.7. The standard InChI is InChI=1S/C18H16FN3O4S2/c1-2-26-11-10-21-17-13(19)4-3-5-14(17)28-18(21)20-15(23)8-6-12-7-9-16(27-12)22(24)25/h3-9H,2,10-11H2,1H3. The second-order valence-corrected chi connectivity index (χ2v) is 7.64. The molecule has 0 N–H and O–H groups in total. The van der Waals surface area contributed by atoms with Crippen molar-refractivity contribution in [2.75, 3.05) is 13.2 Å². The number of halogens is 1. The average molecular weight is 421 g/mol. The maximum Gasteiger partial charge on any atom is 0.324 e. The number of carbonyl (C=O) groups excluding carboxylic acids is 1. The number of carbonyl (C=O) groups is 1. The molecule has 0 saturated heterocycles. The fourth-order valence-electron chi connectivity index (χ4n) is 2.49. The van der Waals surface area contributed by atoms with E-state index < -0.39 is 10.8 Å². The van der Waals surface area contributed by atoms with Crippen molar-refractivity contribution in [1.82, 2.24) is 4.57 Å². The van der Waals surface area contributed by atoms with Crippen LogP contribution in [0.3, 0.4) is 0 Å². The lowest BCUT2D eigenvalue weighted by molar-refractivity contribution is -0.380. The van der Waals surface area contributed by atoms with Gasteiger partial charge in [-0.1, -0.05) is 28.7 Å². The predicted octanol–water partition coefficient (Wildman–Crippen LogP) is 3.99. The SMILES string of the molecule is CCOCCn1c(=NC(=O)C=Cc2ccc([N+](=O)[O-])s2)sc2cccc(F)c21. The fraction of sp³-hybridized carbons (Fsp3) is 0.222. The number of hydrogen-bond acceptors (Lipinski definition) is 6. The van der Waals surface area contributed by atoms with E-state index in [1.807, 2.05) is 6.92 Å². The van der Waals surface area contributed by atoms with Crippen LogP contribution in [0.25, 0.3) is 16.3 Å². The topological polar surface area (TPSA) is 86.7 Å². The number of thiophene rings is 1. The third-order valence-electron chi connectivity index (χ3n) is 3.70. The monoisotopic (exact) mass is 421 g/mol. The van der Waals surface area contributed by atoms with Gasteiger partial charge in [-0.05, 0) is 31.2 Å². The van der Waals surface area contributed by atoms with Crippen molar-refractivity contribution in [3.05, 3.63) is 62.0 Å². The van der Waals surface area contributed by atoms with Crippen molar-refractivity contribution in [3.63, 3.8) is 0 Å². The Kier molecular flexibility index (Phi) is 6.45. The first-order valence-corrected chi connectivity index (χ1v) is 9.99. The number of ether oxygens (including phenoxy) is 1. The fourth-order valence-corrected chi connectivity index (χ4v) is 4.29. The van der Waals surface area contributed by atoms with Crippen molar-refractivity contribution >= 4 is 49.9 Å². The van der Waals surface area contributed by atoms with E-state index in [-0.39, 0.29) is 10.8 Å². The molecule has 2 aromatic heterocycles. The molecule has 0 aliphatic rings. The predicted molar refractivity (Wildman–Crippen MR) is 107 cm³/mol. The van der Waals surface area contributed by atoms with E-state index in [4.69, 9.17) is 4.74 Å². The summed E-state index contributed by atoms with van der Waals surface area (Å²) >= 11 is 2.18. The van der Waals surface area contributed by atoms with Crippen LogP contribution in [0.1, 0.15) is 11.8 Å². The van der Waals surface area contributed by atoms with E-state index in [1.54, 1.807) is 22.8 Å². The minimum absolute atomic E-state index is 0.00205. The van der Waals surface area contributed by atoms with E-state index in [0.717, 1.165) is 11.3 Å². The first-order valence-electron chi connectivity index (χ1n) is 8.36. The van der Waals surface area contributed by atoms with Crippen LogP contribution in [0.4, 0.5) is 9.39 Å². The Morgan fingerprint density at radius 2 is 2.18 bits per heavy atom. The third-order valence-corrected chi connectivity index (χ3v) is 5.75. The highest BCUT2D eigenvalue weighted by Crippen LogP contribution is 2.25. The minimum Gasteiger partial charge on any atom is -0.380 e. The van der Waals surface area contributed by atoms with Gasteiger partial charge in [0.15, 0.2) is 4.80 Å². The van der Waals surface area contributed by atoms with Crippen LogP contribution in [-0.4, -0.2) is 28.6 Å². The number of para-hydroxylation sites is 1. The van der Waals surface area contributed by atoms with Crippen molar-refractivity contribution in [3.8, 4) is 0 Å². The maximum atomic E-state index is 14.3. The summed E-state index contributed by atoms with van der Waals surface area (Å²) in [6, 6.07) is 7.67. The molecule has 0 saturated carbocycles. The average Bonchev–Trinajstić information content (AvgIpc) is 3.26. The summed E-state index contributed by atoms with van der Waals surface area (Å²) < 4.78 is 22.0. The molecule has 0 atom stereocenters. The Hall–Kier alpha value is -2.69. The number of nitro groups is 1. The Balaban J connectivity index is 1.91. The highest BCUT2D eigenvalue weighted by Gasteiger charge is 2.12. The number of amides is 1. The van der Waals surface area contributed by atoms with Crippen LogP contribution in [0, 0.1) is 15.9 Å². The van der Waals surface area contributed by atoms with E-state index in [9.17, 15) is 19.3 Å². The summed E-state index contributed by atoms with van der Waals surface area (Å²) in [5.74, 6) is -0.922. The number of aromatic nitrogens is 1. The smallest absolute Gasteiger partial charge is 0.324 e. The van der Waals surface area contributed by atoms with Gasteiger partial charge in [-0.25, -0.2) is 4.39 Å². The van der Waals surface area contributed by atoms with Crippen LogP contribution >= 0.6 is 22.7 Å². The molecule has 0 radical (unpaired) electrons. The normalized spacial score (nSPS) is 12.3. The zero-order valence-corrected chi connectivity index (χ0v) is 16.5. The quantitative estimate of drug-likeness (QED) is 0.250. The molecule has 2 heterocycles. The minimum atomic E-state index is -0.534. The van der Waals surface area contributed by atoms with Crippen molar-refractivity contribution in [1.29, 1.82) is 0 Å². The van der Waals surface area contributed by atoms with E-state index in [2.05, 4.69) is 4.99 Å². The van der Waals surface area contributed by atoms with E-state index >= 15 is 0 Å². The number of nitrogens with zero attached hydrogens (tertiary/aromatic N) is 3. The Bertz CT molecular complexity index is 1110. The van der Waals surface area contributed by atoms with Gasteiger partial charge in [0.05, 0.1) is 21.7 Å². The summed E-state index contributed by atoms with van der Waals surface area (Å²) in [6.07, 6.45) is 2.71. The molecule has 7 nitrogen and oxygen atoms in total. The molecule has 0 unspecified atom stereocenters. The highest BCUT2D eigenvalue weighted by atomic mass is 32.1. The van der Waals surface area contributed by atoms with Gasteiger partial charge < -0.3 is 9.30 Å². The molecule has 3 aromatic rings. The molecule has 146 valence electrons. The van der Waals surface area contributed by atoms with Gasteiger partial charge in [0.1, 0.15) is 5.82 Å². The van der Waals surface area contributed by atoms with Gasteiger partial charge >= 0.3 is 5.00 Å². The summed E-state index contributed by atoms with van der Waals surface area (Å²) in [5.41, 5.74) is 0.386. The number of thiazole rings is 1. The second kappa shape index (κ2) is 9.00. The number of rotatable bonds is 7. The lowest BCUT2D eigenvalue weighted by atomic mass is 10.3. The van der Waals surface area contributed by atoms with Crippen molar-refractivity contribution < 1.29 is 18.8 Å². The summed E-state index contributed by atoms with van der Waals surface area (Å²) in [4.78, 5) is 27.5. The summed E-state index contributed by atoms with van der Waals surface area (Å²) in [7, 11) is 0. The maximum absolute atomic E-state index is 14.3. The van der Waals surface area contributed by atoms with Crippen molar-refractivity contribution in [2.24, 2.45) is 4.99 Å². The van der Waals surface area contributed by atoms with Crippen LogP contribution in [0.2, 0.25) is 0 Å². The summed E-state index contributed by atoms with van der Waals surface area (Å²) in [6.45, 7) is 3.13. The largest absolute Gasteiger partial charge is 0.380 e. The van der Waals surface area contributed by atoms with Crippen LogP contribution < -0.4 is 4.80 Å². The first-order chi connectivity index (χ1) is 13.5. The van der Waals surface area contributed by atoms with Gasteiger partial charge in [0.2, 0.25) is 0 Å². The molecule has 0 aliphatic heterocycles. The molecule has 0 spiro atoms. The van der Waals surface area contributed by atoms with Crippen LogP contribution in [0.5, 0.6) is 0 Å². The molecule has 0 bridgehead atoms. The van der Waals surface area contributed by atoms with Gasteiger partial charge in [0, 0.05) is 30.2 Å². The Morgan fingerprint density at radius 1 is 1.36 bits per heavy atom. The Labute approximate surface area is 167 Å². The van der Waals surface area contributed by atoms with Gasteiger partial charge in [-0.2, -0.15) is 4.99 Å². The van der Waals surface area contributed by atoms with Crippen molar-refractivity contribution in [2.45, 2.75) is 13.5 Å². The third kappa shape index (κ3) is 4.58. The molecule has 10 heteroatoms. The molecule has 1 amide bonds. The van der Waals surface area contributed by atoms with Crippen LogP contribution in [-0.2, 0) is 16.1 Å². The number of fused-ring (bicyclic) bond motifs is 1.